The highest BCUT2D eigenvalue weighted by Crippen LogP contribution is 2.46. The van der Waals surface area contributed by atoms with Crippen LogP contribution >= 0.6 is 0 Å². The van der Waals surface area contributed by atoms with Gasteiger partial charge in [-0.25, -0.2) is 0 Å². The number of carbonyl (C=O) groups is 1. The van der Waals surface area contributed by atoms with Gasteiger partial charge in [-0.1, -0.05) is 67.6 Å². The Bertz CT molecular complexity index is 730. The number of benzene rings is 2. The Balaban J connectivity index is 1.64. The maximum Gasteiger partial charge on any atom is 0.231 e. The third kappa shape index (κ3) is 2.87. The van der Waals surface area contributed by atoms with Gasteiger partial charge in [0.05, 0.1) is 18.1 Å². The Morgan fingerprint density at radius 3 is 2.44 bits per heavy atom. The number of piperidine rings is 1. The van der Waals surface area contributed by atoms with Gasteiger partial charge in [0.1, 0.15) is 6.23 Å². The van der Waals surface area contributed by atoms with Crippen molar-refractivity contribution in [2.45, 2.75) is 44.9 Å². The molecular formula is C22H25NO2. The molecule has 2 aliphatic rings. The van der Waals surface area contributed by atoms with E-state index in [9.17, 15) is 4.79 Å². The van der Waals surface area contributed by atoms with Crippen LogP contribution in [0, 0.1) is 5.41 Å². The molecule has 2 heterocycles. The van der Waals surface area contributed by atoms with E-state index >= 15 is 0 Å². The summed E-state index contributed by atoms with van der Waals surface area (Å²) in [6.07, 6.45) is 3.45. The highest BCUT2D eigenvalue weighted by molar-refractivity contribution is 5.84. The second kappa shape index (κ2) is 6.64. The Kier molecular flexibility index (Phi) is 4.34. The lowest BCUT2D eigenvalue weighted by molar-refractivity contribution is -0.158. The summed E-state index contributed by atoms with van der Waals surface area (Å²) in [6.45, 7) is 2.75. The van der Waals surface area contributed by atoms with E-state index in [1.807, 2.05) is 29.2 Å². The summed E-state index contributed by atoms with van der Waals surface area (Å²) in [4.78, 5) is 15.6. The van der Waals surface area contributed by atoms with E-state index in [0.29, 0.717) is 6.61 Å². The summed E-state index contributed by atoms with van der Waals surface area (Å²) in [5.41, 5.74) is 2.11. The SMILES string of the molecule is CC[C@@]1(Cc2ccccc2)CC[C@H]2OC[C@@H](c3ccccc3)N2C1=O. The first-order valence-corrected chi connectivity index (χ1v) is 9.27. The van der Waals surface area contributed by atoms with Crippen LogP contribution < -0.4 is 0 Å². The quantitative estimate of drug-likeness (QED) is 0.831. The molecule has 0 bridgehead atoms. The summed E-state index contributed by atoms with van der Waals surface area (Å²) in [7, 11) is 0. The molecule has 0 radical (unpaired) electrons. The summed E-state index contributed by atoms with van der Waals surface area (Å²) in [5, 5.41) is 0. The van der Waals surface area contributed by atoms with Crippen molar-refractivity contribution < 1.29 is 9.53 Å². The molecule has 0 spiro atoms. The van der Waals surface area contributed by atoms with E-state index in [1.165, 1.54) is 11.1 Å². The summed E-state index contributed by atoms with van der Waals surface area (Å²) in [5.74, 6) is 0.265. The molecule has 2 aromatic rings. The fourth-order valence-corrected chi connectivity index (χ4v) is 4.37. The van der Waals surface area contributed by atoms with Gasteiger partial charge in [-0.3, -0.25) is 4.79 Å². The Morgan fingerprint density at radius 1 is 1.08 bits per heavy atom. The Labute approximate surface area is 149 Å². The van der Waals surface area contributed by atoms with E-state index < -0.39 is 0 Å². The summed E-state index contributed by atoms with van der Waals surface area (Å²) < 4.78 is 5.99. The molecule has 0 N–H and O–H groups in total. The normalized spacial score (nSPS) is 28.8. The van der Waals surface area contributed by atoms with Crippen molar-refractivity contribution >= 4 is 5.91 Å². The third-order valence-electron chi connectivity index (χ3n) is 5.90. The molecule has 130 valence electrons. The summed E-state index contributed by atoms with van der Waals surface area (Å²) in [6, 6.07) is 20.7. The molecule has 3 nitrogen and oxygen atoms in total. The largest absolute Gasteiger partial charge is 0.356 e. The number of ether oxygens (including phenoxy) is 1. The van der Waals surface area contributed by atoms with E-state index in [4.69, 9.17) is 4.74 Å². The number of fused-ring (bicyclic) bond motifs is 1. The number of carbonyl (C=O) groups excluding carboxylic acids is 1. The highest BCUT2D eigenvalue weighted by Gasteiger charge is 2.51. The van der Waals surface area contributed by atoms with E-state index in [-0.39, 0.29) is 23.6 Å². The smallest absolute Gasteiger partial charge is 0.231 e. The molecule has 0 unspecified atom stereocenters. The van der Waals surface area contributed by atoms with E-state index in [0.717, 1.165) is 25.7 Å². The molecule has 25 heavy (non-hydrogen) atoms. The fraction of sp³-hybridized carbons (Fsp3) is 0.409. The maximum absolute atomic E-state index is 13.6. The van der Waals surface area contributed by atoms with E-state index in [2.05, 4.69) is 43.3 Å². The molecule has 3 atom stereocenters. The average Bonchev–Trinajstić information content (AvgIpc) is 3.10. The van der Waals surface area contributed by atoms with Crippen molar-refractivity contribution in [3.63, 3.8) is 0 Å². The minimum Gasteiger partial charge on any atom is -0.356 e. The Hall–Kier alpha value is -2.13. The van der Waals surface area contributed by atoms with Crippen molar-refractivity contribution in [2.75, 3.05) is 6.61 Å². The number of nitrogens with zero attached hydrogens (tertiary/aromatic N) is 1. The van der Waals surface area contributed by atoms with Crippen LogP contribution in [0.15, 0.2) is 60.7 Å². The lowest BCUT2D eigenvalue weighted by Gasteiger charge is -2.44. The van der Waals surface area contributed by atoms with Gasteiger partial charge < -0.3 is 9.64 Å². The molecule has 0 saturated carbocycles. The van der Waals surface area contributed by atoms with Crippen LogP contribution in [-0.4, -0.2) is 23.6 Å². The van der Waals surface area contributed by atoms with Crippen molar-refractivity contribution in [1.29, 1.82) is 0 Å². The third-order valence-corrected chi connectivity index (χ3v) is 5.90. The van der Waals surface area contributed by atoms with Crippen LogP contribution in [0.5, 0.6) is 0 Å². The van der Waals surface area contributed by atoms with Crippen LogP contribution in [0.1, 0.15) is 43.4 Å². The van der Waals surface area contributed by atoms with Gasteiger partial charge in [0.15, 0.2) is 0 Å². The fourth-order valence-electron chi connectivity index (χ4n) is 4.37. The van der Waals surface area contributed by atoms with Gasteiger partial charge in [-0.05, 0) is 36.8 Å². The van der Waals surface area contributed by atoms with Crippen molar-refractivity contribution in [3.05, 3.63) is 71.8 Å². The van der Waals surface area contributed by atoms with Crippen molar-refractivity contribution in [3.8, 4) is 0 Å². The highest BCUT2D eigenvalue weighted by atomic mass is 16.5. The molecule has 2 aliphatic heterocycles. The van der Waals surface area contributed by atoms with Gasteiger partial charge in [0.25, 0.3) is 0 Å². The zero-order chi connectivity index (χ0) is 17.3. The molecular weight excluding hydrogens is 310 g/mol. The molecule has 3 heteroatoms. The van der Waals surface area contributed by atoms with Crippen LogP contribution in [0.4, 0.5) is 0 Å². The zero-order valence-corrected chi connectivity index (χ0v) is 14.7. The van der Waals surface area contributed by atoms with Crippen LogP contribution in [0.2, 0.25) is 0 Å². The molecule has 0 aromatic heterocycles. The second-order valence-corrected chi connectivity index (χ2v) is 7.26. The van der Waals surface area contributed by atoms with E-state index in [1.54, 1.807) is 0 Å². The number of hydrogen-bond acceptors (Lipinski definition) is 2. The maximum atomic E-state index is 13.6. The van der Waals surface area contributed by atoms with Gasteiger partial charge in [-0.15, -0.1) is 0 Å². The lowest BCUT2D eigenvalue weighted by atomic mass is 9.71. The van der Waals surface area contributed by atoms with Crippen molar-refractivity contribution in [1.82, 2.24) is 4.90 Å². The molecule has 4 rings (SSSR count). The minimum atomic E-state index is -0.307. The first-order chi connectivity index (χ1) is 12.2. The average molecular weight is 335 g/mol. The second-order valence-electron chi connectivity index (χ2n) is 7.26. The Morgan fingerprint density at radius 2 is 1.76 bits per heavy atom. The van der Waals surface area contributed by atoms with Crippen LogP contribution in [0.25, 0.3) is 0 Å². The van der Waals surface area contributed by atoms with Crippen LogP contribution in [0.3, 0.4) is 0 Å². The predicted octanol–water partition coefficient (Wildman–Crippen LogP) is 4.35. The summed E-state index contributed by atoms with van der Waals surface area (Å²) >= 11 is 0. The van der Waals surface area contributed by atoms with Crippen LogP contribution in [-0.2, 0) is 16.0 Å². The lowest BCUT2D eigenvalue weighted by Crippen LogP contribution is -2.52. The molecule has 0 aliphatic carbocycles. The monoisotopic (exact) mass is 335 g/mol. The van der Waals surface area contributed by atoms with Crippen molar-refractivity contribution in [2.24, 2.45) is 5.41 Å². The predicted molar refractivity (Wildman–Crippen MR) is 97.9 cm³/mol. The first kappa shape index (κ1) is 16.3. The zero-order valence-electron chi connectivity index (χ0n) is 14.7. The standard InChI is InChI=1S/C22H25NO2/c1-2-22(15-17-9-5-3-6-10-17)14-13-20-23(21(22)24)19(16-25-20)18-11-7-4-8-12-18/h3-12,19-20H,2,13-16H2,1H3/t19-,20+,22-/m0/s1. The van der Waals surface area contributed by atoms with Gasteiger partial charge in [-0.2, -0.15) is 0 Å². The number of hydrogen-bond donors (Lipinski definition) is 0. The van der Waals surface area contributed by atoms with Gasteiger partial charge >= 0.3 is 0 Å². The number of rotatable bonds is 4. The minimum absolute atomic E-state index is 0.0423. The number of amides is 1. The molecule has 1 amide bonds. The topological polar surface area (TPSA) is 29.5 Å². The van der Waals surface area contributed by atoms with Gasteiger partial charge in [0, 0.05) is 0 Å². The molecule has 2 aromatic carbocycles. The van der Waals surface area contributed by atoms with Gasteiger partial charge in [0.2, 0.25) is 5.91 Å². The molecule has 2 fully saturated rings. The molecule has 2 saturated heterocycles. The first-order valence-electron chi connectivity index (χ1n) is 9.27.